The van der Waals surface area contributed by atoms with Crippen molar-refractivity contribution in [2.45, 2.75) is 39.2 Å². The van der Waals surface area contributed by atoms with Crippen LogP contribution < -0.4 is 0 Å². The van der Waals surface area contributed by atoms with Gasteiger partial charge in [-0.2, -0.15) is 0 Å². The number of rotatable bonds is 5. The summed E-state index contributed by atoms with van der Waals surface area (Å²) in [5.41, 5.74) is 1.37. The molecular weight excluding hydrogens is 231 g/mol. The fraction of sp³-hybridized carbons (Fsp3) is 0.533. The lowest BCUT2D eigenvalue weighted by atomic mass is 9.78. The number of ether oxygens (including phenoxy) is 1. The summed E-state index contributed by atoms with van der Waals surface area (Å²) in [7, 11) is 0. The average Bonchev–Trinajstić information content (AvgIpc) is 2.26. The normalized spacial score (nSPS) is 22.6. The largest absolute Gasteiger partial charge is 0.378 e. The number of benzene rings is 1. The summed E-state index contributed by atoms with van der Waals surface area (Å²) in [5.74, 6) is 0.259. The molecule has 0 aromatic heterocycles. The number of hydrogen-bond donors (Lipinski definition) is 0. The molecule has 0 aliphatic heterocycles. The van der Waals surface area contributed by atoms with Crippen LogP contribution in [-0.4, -0.2) is 18.5 Å². The van der Waals surface area contributed by atoms with Gasteiger partial charge in [0, 0.05) is 18.6 Å². The Bertz CT molecular complexity index is 436. The van der Waals surface area contributed by atoms with Gasteiger partial charge in [0.15, 0.2) is 5.78 Å². The van der Waals surface area contributed by atoms with Gasteiger partial charge in [-0.05, 0) is 56.4 Å². The van der Waals surface area contributed by atoms with Gasteiger partial charge >= 0.3 is 0 Å². The summed E-state index contributed by atoms with van der Waals surface area (Å²) in [6.45, 7) is 4.50. The molecule has 1 fully saturated rings. The van der Waals surface area contributed by atoms with E-state index in [2.05, 4.69) is 0 Å². The first kappa shape index (κ1) is 13.2. The molecule has 1 aromatic carbocycles. The maximum Gasteiger partial charge on any atom is 0.163 e. The number of halogens is 1. The van der Waals surface area contributed by atoms with Crippen molar-refractivity contribution in [2.24, 2.45) is 5.92 Å². The van der Waals surface area contributed by atoms with Gasteiger partial charge < -0.3 is 4.74 Å². The third-order valence-electron chi connectivity index (χ3n) is 3.56. The van der Waals surface area contributed by atoms with Crippen LogP contribution in [0.3, 0.4) is 0 Å². The van der Waals surface area contributed by atoms with Crippen molar-refractivity contribution in [2.75, 3.05) is 6.61 Å². The maximum absolute atomic E-state index is 13.0. The second-order valence-electron chi connectivity index (χ2n) is 5.00. The molecule has 0 bridgehead atoms. The number of carbonyl (C=O) groups is 1. The van der Waals surface area contributed by atoms with E-state index in [-0.39, 0.29) is 11.6 Å². The molecule has 0 N–H and O–H groups in total. The van der Waals surface area contributed by atoms with E-state index in [4.69, 9.17) is 4.74 Å². The van der Waals surface area contributed by atoms with Crippen LogP contribution in [0, 0.1) is 18.7 Å². The van der Waals surface area contributed by atoms with Crippen LogP contribution in [-0.2, 0) is 4.74 Å². The minimum Gasteiger partial charge on any atom is -0.378 e. The zero-order valence-electron chi connectivity index (χ0n) is 10.9. The lowest BCUT2D eigenvalue weighted by Gasteiger charge is -2.34. The first-order chi connectivity index (χ1) is 8.60. The number of Topliss-reactive ketones (excluding diaryl/α,β-unsaturated/α-hetero) is 1. The van der Waals surface area contributed by atoms with Crippen LogP contribution in [0.4, 0.5) is 4.39 Å². The van der Waals surface area contributed by atoms with Crippen molar-refractivity contribution in [3.05, 3.63) is 35.1 Å². The smallest absolute Gasteiger partial charge is 0.163 e. The highest BCUT2D eigenvalue weighted by molar-refractivity contribution is 5.97. The Balaban J connectivity index is 1.89. The van der Waals surface area contributed by atoms with Crippen LogP contribution >= 0.6 is 0 Å². The van der Waals surface area contributed by atoms with Crippen LogP contribution in [0.15, 0.2) is 18.2 Å². The van der Waals surface area contributed by atoms with Crippen molar-refractivity contribution >= 4 is 5.78 Å². The van der Waals surface area contributed by atoms with Crippen molar-refractivity contribution in [3.63, 3.8) is 0 Å². The summed E-state index contributed by atoms with van der Waals surface area (Å²) < 4.78 is 18.4. The molecule has 0 unspecified atom stereocenters. The predicted molar refractivity (Wildman–Crippen MR) is 68.2 cm³/mol. The first-order valence-corrected chi connectivity index (χ1v) is 6.51. The molecule has 18 heavy (non-hydrogen) atoms. The third-order valence-corrected chi connectivity index (χ3v) is 3.56. The third kappa shape index (κ3) is 2.96. The highest BCUT2D eigenvalue weighted by atomic mass is 19.1. The summed E-state index contributed by atoms with van der Waals surface area (Å²) >= 11 is 0. The van der Waals surface area contributed by atoms with Gasteiger partial charge in [-0.15, -0.1) is 0 Å². The molecule has 98 valence electrons. The van der Waals surface area contributed by atoms with Crippen LogP contribution in [0.1, 0.15) is 42.1 Å². The van der Waals surface area contributed by atoms with Gasteiger partial charge in [0.2, 0.25) is 0 Å². The van der Waals surface area contributed by atoms with Crippen molar-refractivity contribution in [3.8, 4) is 0 Å². The van der Waals surface area contributed by atoms with Crippen molar-refractivity contribution in [1.29, 1.82) is 0 Å². The fourth-order valence-electron chi connectivity index (χ4n) is 2.53. The Morgan fingerprint density at radius 1 is 1.44 bits per heavy atom. The SMILES string of the molecule is CCOC1CC(CC(=O)c2ccc(F)cc2C)C1. The Labute approximate surface area is 107 Å². The lowest BCUT2D eigenvalue weighted by Crippen LogP contribution is -2.32. The van der Waals surface area contributed by atoms with E-state index in [9.17, 15) is 9.18 Å². The van der Waals surface area contributed by atoms with E-state index in [0.29, 0.717) is 24.0 Å². The molecule has 1 saturated carbocycles. The van der Waals surface area contributed by atoms with E-state index < -0.39 is 0 Å². The van der Waals surface area contributed by atoms with Gasteiger partial charge in [-0.25, -0.2) is 4.39 Å². The molecule has 1 aromatic rings. The van der Waals surface area contributed by atoms with Gasteiger partial charge in [0.05, 0.1) is 6.10 Å². The number of ketones is 1. The summed E-state index contributed by atoms with van der Waals surface area (Å²) in [5, 5.41) is 0. The molecule has 0 atom stereocenters. The average molecular weight is 250 g/mol. The minimum atomic E-state index is -0.288. The predicted octanol–water partition coefficient (Wildman–Crippen LogP) is 3.52. The van der Waals surface area contributed by atoms with Gasteiger partial charge in [0.1, 0.15) is 5.82 Å². The van der Waals surface area contributed by atoms with E-state index in [1.807, 2.05) is 6.92 Å². The van der Waals surface area contributed by atoms with E-state index in [1.165, 1.54) is 12.1 Å². The zero-order chi connectivity index (χ0) is 13.1. The molecule has 2 rings (SSSR count). The summed E-state index contributed by atoms with van der Waals surface area (Å²) in [4.78, 5) is 12.1. The highest BCUT2D eigenvalue weighted by Crippen LogP contribution is 2.33. The molecule has 0 heterocycles. The molecule has 1 aliphatic rings. The topological polar surface area (TPSA) is 26.3 Å². The van der Waals surface area contributed by atoms with E-state index >= 15 is 0 Å². The standard InChI is InChI=1S/C15H19FO2/c1-3-18-13-7-11(8-13)9-15(17)14-5-4-12(16)6-10(14)2/h4-6,11,13H,3,7-9H2,1-2H3. The van der Waals surface area contributed by atoms with Crippen molar-refractivity contribution in [1.82, 2.24) is 0 Å². The van der Waals surface area contributed by atoms with Gasteiger partial charge in [-0.1, -0.05) is 0 Å². The van der Waals surface area contributed by atoms with Gasteiger partial charge in [-0.3, -0.25) is 4.79 Å². The van der Waals surface area contributed by atoms with Crippen LogP contribution in [0.2, 0.25) is 0 Å². The first-order valence-electron chi connectivity index (χ1n) is 6.51. The Kier molecular flexibility index (Phi) is 4.12. The zero-order valence-corrected chi connectivity index (χ0v) is 10.9. The molecule has 2 nitrogen and oxygen atoms in total. The molecule has 0 amide bonds. The quantitative estimate of drug-likeness (QED) is 0.747. The monoisotopic (exact) mass is 250 g/mol. The summed E-state index contributed by atoms with van der Waals surface area (Å²) in [6.07, 6.45) is 2.83. The molecule has 3 heteroatoms. The van der Waals surface area contributed by atoms with Crippen LogP contribution in [0.25, 0.3) is 0 Å². The summed E-state index contributed by atoms with van der Waals surface area (Å²) in [6, 6.07) is 4.35. The fourth-order valence-corrected chi connectivity index (χ4v) is 2.53. The molecular formula is C15H19FO2. The lowest BCUT2D eigenvalue weighted by molar-refractivity contribution is -0.0246. The highest BCUT2D eigenvalue weighted by Gasteiger charge is 2.31. The van der Waals surface area contributed by atoms with Crippen LogP contribution in [0.5, 0.6) is 0 Å². The number of hydrogen-bond acceptors (Lipinski definition) is 2. The minimum absolute atomic E-state index is 0.118. The van der Waals surface area contributed by atoms with E-state index in [0.717, 1.165) is 25.0 Å². The molecule has 1 aliphatic carbocycles. The maximum atomic E-state index is 13.0. The van der Waals surface area contributed by atoms with Crippen molar-refractivity contribution < 1.29 is 13.9 Å². The Hall–Kier alpha value is -1.22. The molecule has 0 saturated heterocycles. The van der Waals surface area contributed by atoms with Gasteiger partial charge in [0.25, 0.3) is 0 Å². The Morgan fingerprint density at radius 2 is 2.17 bits per heavy atom. The number of carbonyl (C=O) groups excluding carboxylic acids is 1. The second-order valence-corrected chi connectivity index (χ2v) is 5.00. The Morgan fingerprint density at radius 3 is 2.78 bits per heavy atom. The van der Waals surface area contributed by atoms with E-state index in [1.54, 1.807) is 13.0 Å². The molecule has 0 radical (unpaired) electrons. The molecule has 0 spiro atoms. The second kappa shape index (κ2) is 5.61. The number of aryl methyl sites for hydroxylation is 1.